The van der Waals surface area contributed by atoms with Gasteiger partial charge in [-0.05, 0) is 49.4 Å². The number of amides is 1. The molecule has 1 aromatic carbocycles. The van der Waals surface area contributed by atoms with E-state index in [2.05, 4.69) is 10.3 Å². The summed E-state index contributed by atoms with van der Waals surface area (Å²) >= 11 is 0. The number of fused-ring (bicyclic) bond motifs is 1. The second-order valence-corrected chi connectivity index (χ2v) is 8.08. The first-order chi connectivity index (χ1) is 14.5. The van der Waals surface area contributed by atoms with E-state index in [-0.39, 0.29) is 17.5 Å². The standard InChI is InChI=1S/C23H28N4O3/c1-3-13-27-22(29)19-14-20(16-7-5-4-6-8-16)25-21(19)26-23(27)30-18-11-9-17(10-12-18)24-15(2)28/h9-12,16H,3-8,13-14H2,1-2H3,(H,24,28). The number of hydrogen-bond donors (Lipinski definition) is 1. The first-order valence-electron chi connectivity index (χ1n) is 10.8. The van der Waals surface area contributed by atoms with Crippen molar-refractivity contribution in [3.63, 3.8) is 0 Å². The molecule has 0 spiro atoms. The highest BCUT2D eigenvalue weighted by molar-refractivity contribution is 5.94. The van der Waals surface area contributed by atoms with E-state index in [0.717, 1.165) is 25.0 Å². The van der Waals surface area contributed by atoms with E-state index in [4.69, 9.17) is 9.73 Å². The van der Waals surface area contributed by atoms with Crippen LogP contribution in [0.15, 0.2) is 34.1 Å². The molecule has 1 amide bonds. The van der Waals surface area contributed by atoms with E-state index in [1.807, 2.05) is 6.92 Å². The van der Waals surface area contributed by atoms with Gasteiger partial charge in [0.2, 0.25) is 5.91 Å². The predicted octanol–water partition coefficient (Wildman–Crippen LogP) is 4.61. The van der Waals surface area contributed by atoms with Crippen molar-refractivity contribution < 1.29 is 9.53 Å². The molecule has 0 radical (unpaired) electrons. The minimum absolute atomic E-state index is 0.0544. The second kappa shape index (κ2) is 8.81. The molecule has 1 N–H and O–H groups in total. The Hall–Kier alpha value is -2.96. The van der Waals surface area contributed by atoms with Crippen LogP contribution >= 0.6 is 0 Å². The molecule has 2 heterocycles. The maximum atomic E-state index is 13.2. The van der Waals surface area contributed by atoms with Gasteiger partial charge in [0.25, 0.3) is 5.56 Å². The van der Waals surface area contributed by atoms with Gasteiger partial charge in [0.15, 0.2) is 5.82 Å². The number of aliphatic imine (C=N–C) groups is 1. The van der Waals surface area contributed by atoms with Gasteiger partial charge < -0.3 is 10.1 Å². The van der Waals surface area contributed by atoms with E-state index >= 15 is 0 Å². The van der Waals surface area contributed by atoms with E-state index in [1.54, 1.807) is 28.8 Å². The lowest BCUT2D eigenvalue weighted by atomic mass is 9.84. The SMILES string of the molecule is CCCn1c(Oc2ccc(NC(C)=O)cc2)nc2c(c1=O)CC(C1CCCCC1)=N2. The Morgan fingerprint density at radius 3 is 2.60 bits per heavy atom. The summed E-state index contributed by atoms with van der Waals surface area (Å²) in [5.41, 5.74) is 2.43. The number of aromatic nitrogens is 2. The summed E-state index contributed by atoms with van der Waals surface area (Å²) in [5.74, 6) is 1.40. The van der Waals surface area contributed by atoms with Crippen molar-refractivity contribution in [3.8, 4) is 11.8 Å². The fraction of sp³-hybridized carbons (Fsp3) is 0.478. The summed E-state index contributed by atoms with van der Waals surface area (Å²) in [6.07, 6.45) is 7.47. The summed E-state index contributed by atoms with van der Waals surface area (Å²) < 4.78 is 7.59. The minimum Gasteiger partial charge on any atom is -0.425 e. The third-order valence-electron chi connectivity index (χ3n) is 5.72. The van der Waals surface area contributed by atoms with Crippen molar-refractivity contribution in [2.75, 3.05) is 5.32 Å². The van der Waals surface area contributed by atoms with Crippen molar-refractivity contribution in [1.29, 1.82) is 0 Å². The molecule has 1 fully saturated rings. The lowest BCUT2D eigenvalue weighted by molar-refractivity contribution is -0.114. The first-order valence-corrected chi connectivity index (χ1v) is 10.8. The van der Waals surface area contributed by atoms with Crippen LogP contribution in [0.25, 0.3) is 0 Å². The molecule has 0 unspecified atom stereocenters. The fourth-order valence-electron chi connectivity index (χ4n) is 4.25. The van der Waals surface area contributed by atoms with Crippen LogP contribution in [0.3, 0.4) is 0 Å². The molecular weight excluding hydrogens is 380 g/mol. The van der Waals surface area contributed by atoms with E-state index in [1.165, 1.54) is 26.2 Å². The zero-order valence-corrected chi connectivity index (χ0v) is 17.6. The Balaban J connectivity index is 1.62. The van der Waals surface area contributed by atoms with Crippen LogP contribution in [0.5, 0.6) is 11.8 Å². The van der Waals surface area contributed by atoms with Gasteiger partial charge in [-0.15, -0.1) is 0 Å². The van der Waals surface area contributed by atoms with E-state index in [0.29, 0.717) is 41.7 Å². The lowest BCUT2D eigenvalue weighted by Crippen LogP contribution is -2.27. The van der Waals surface area contributed by atoms with Crippen LogP contribution in [0.1, 0.15) is 57.9 Å². The Morgan fingerprint density at radius 1 is 1.20 bits per heavy atom. The van der Waals surface area contributed by atoms with Gasteiger partial charge in [0.05, 0.1) is 5.56 Å². The van der Waals surface area contributed by atoms with Crippen LogP contribution in [-0.2, 0) is 17.8 Å². The minimum atomic E-state index is -0.132. The highest BCUT2D eigenvalue weighted by Crippen LogP contribution is 2.33. The maximum Gasteiger partial charge on any atom is 0.306 e. The smallest absolute Gasteiger partial charge is 0.306 e. The van der Waals surface area contributed by atoms with Gasteiger partial charge in [0.1, 0.15) is 5.75 Å². The van der Waals surface area contributed by atoms with Crippen molar-refractivity contribution in [1.82, 2.24) is 9.55 Å². The van der Waals surface area contributed by atoms with Crippen LogP contribution in [0.4, 0.5) is 11.5 Å². The fourth-order valence-corrected chi connectivity index (χ4v) is 4.25. The summed E-state index contributed by atoms with van der Waals surface area (Å²) in [5, 5.41) is 2.72. The molecule has 1 aromatic heterocycles. The normalized spacial score (nSPS) is 16.1. The summed E-state index contributed by atoms with van der Waals surface area (Å²) in [6, 6.07) is 7.27. The van der Waals surface area contributed by atoms with Crippen molar-refractivity contribution >= 4 is 23.1 Å². The van der Waals surface area contributed by atoms with Gasteiger partial charge in [-0.1, -0.05) is 26.2 Å². The Morgan fingerprint density at radius 2 is 1.93 bits per heavy atom. The summed E-state index contributed by atoms with van der Waals surface area (Å²) in [7, 11) is 0. The summed E-state index contributed by atoms with van der Waals surface area (Å²) in [4.78, 5) is 33.8. The second-order valence-electron chi connectivity index (χ2n) is 8.08. The number of hydrogen-bond acceptors (Lipinski definition) is 5. The third kappa shape index (κ3) is 4.30. The van der Waals surface area contributed by atoms with Crippen molar-refractivity contribution in [3.05, 3.63) is 40.2 Å². The number of ether oxygens (including phenoxy) is 1. The number of nitrogens with zero attached hydrogens (tertiary/aromatic N) is 3. The molecule has 0 atom stereocenters. The number of nitrogens with one attached hydrogen (secondary N) is 1. The molecule has 2 aromatic rings. The molecule has 0 saturated heterocycles. The molecular formula is C23H28N4O3. The first kappa shape index (κ1) is 20.3. The van der Waals surface area contributed by atoms with Crippen LogP contribution in [0.2, 0.25) is 0 Å². The average Bonchev–Trinajstić information content (AvgIpc) is 3.17. The number of carbonyl (C=O) groups is 1. The molecule has 2 aliphatic rings. The van der Waals surface area contributed by atoms with Crippen LogP contribution in [-0.4, -0.2) is 21.2 Å². The largest absolute Gasteiger partial charge is 0.425 e. The van der Waals surface area contributed by atoms with E-state index < -0.39 is 0 Å². The highest BCUT2D eigenvalue weighted by Gasteiger charge is 2.29. The molecule has 0 bridgehead atoms. The van der Waals surface area contributed by atoms with Gasteiger partial charge >= 0.3 is 6.01 Å². The molecule has 1 saturated carbocycles. The predicted molar refractivity (Wildman–Crippen MR) is 117 cm³/mol. The molecule has 1 aliphatic carbocycles. The molecule has 7 heteroatoms. The van der Waals surface area contributed by atoms with Gasteiger partial charge in [0, 0.05) is 31.3 Å². The maximum absolute atomic E-state index is 13.2. The Labute approximate surface area is 176 Å². The van der Waals surface area contributed by atoms with Gasteiger partial charge in [-0.25, -0.2) is 4.99 Å². The Kier molecular flexibility index (Phi) is 5.97. The molecule has 1 aliphatic heterocycles. The number of carbonyl (C=O) groups excluding carboxylic acids is 1. The topological polar surface area (TPSA) is 85.6 Å². The summed E-state index contributed by atoms with van der Waals surface area (Å²) in [6.45, 7) is 4.03. The Bertz CT molecular complexity index is 1020. The number of anilines is 1. The zero-order chi connectivity index (χ0) is 21.1. The molecule has 158 valence electrons. The monoisotopic (exact) mass is 408 g/mol. The number of rotatable bonds is 6. The third-order valence-corrected chi connectivity index (χ3v) is 5.72. The van der Waals surface area contributed by atoms with Gasteiger partial charge in [-0.3, -0.25) is 14.2 Å². The highest BCUT2D eigenvalue weighted by atomic mass is 16.5. The zero-order valence-electron chi connectivity index (χ0n) is 17.6. The van der Waals surface area contributed by atoms with Gasteiger partial charge in [-0.2, -0.15) is 4.98 Å². The van der Waals surface area contributed by atoms with Crippen molar-refractivity contribution in [2.45, 2.75) is 65.3 Å². The van der Waals surface area contributed by atoms with Crippen LogP contribution in [0, 0.1) is 5.92 Å². The quantitative estimate of drug-likeness (QED) is 0.756. The average molecular weight is 409 g/mol. The van der Waals surface area contributed by atoms with Crippen molar-refractivity contribution in [2.24, 2.45) is 10.9 Å². The molecule has 30 heavy (non-hydrogen) atoms. The van der Waals surface area contributed by atoms with E-state index in [9.17, 15) is 9.59 Å². The lowest BCUT2D eigenvalue weighted by Gasteiger charge is -2.21. The number of benzene rings is 1. The molecule has 7 nitrogen and oxygen atoms in total. The van der Waals surface area contributed by atoms with Crippen LogP contribution < -0.4 is 15.6 Å². The molecule has 4 rings (SSSR count).